The molecule has 28 heavy (non-hydrogen) atoms. The monoisotopic (exact) mass is 398 g/mol. The fourth-order valence-electron chi connectivity index (χ4n) is 3.37. The normalized spacial score (nSPS) is 15.1. The van der Waals surface area contributed by atoms with Gasteiger partial charge in [-0.3, -0.25) is 4.79 Å². The van der Waals surface area contributed by atoms with Crippen LogP contribution < -0.4 is 10.2 Å². The second-order valence-electron chi connectivity index (χ2n) is 6.97. The minimum Gasteiger partial charge on any atom is -0.350 e. The molecule has 1 fully saturated rings. The van der Waals surface area contributed by atoms with Crippen LogP contribution in [-0.4, -0.2) is 39.3 Å². The lowest BCUT2D eigenvalue weighted by molar-refractivity contribution is -0.132. The third-order valence-electron chi connectivity index (χ3n) is 4.92. The van der Waals surface area contributed by atoms with Gasteiger partial charge in [-0.25, -0.2) is 14.6 Å². The van der Waals surface area contributed by atoms with Crippen molar-refractivity contribution in [2.75, 3.05) is 18.0 Å². The van der Waals surface area contributed by atoms with E-state index in [4.69, 9.17) is 16.2 Å². The summed E-state index contributed by atoms with van der Waals surface area (Å²) in [5, 5.41) is 11.2. The average Bonchev–Trinajstić information content (AvgIpc) is 3.09. The highest BCUT2D eigenvalue weighted by atomic mass is 35.5. The molecule has 4 rings (SSSR count). The van der Waals surface area contributed by atoms with Crippen LogP contribution in [0.25, 0.3) is 0 Å². The topological polar surface area (TPSA) is 97.0 Å². The van der Waals surface area contributed by atoms with E-state index in [1.54, 1.807) is 25.4 Å². The molecule has 0 unspecified atom stereocenters. The molecule has 2 aromatic heterocycles. The number of carbonyl (C=O) groups excluding carboxylic acids is 1. The fraction of sp³-hybridized carbons (Fsp3) is 0.316. The van der Waals surface area contributed by atoms with Gasteiger partial charge in [0.1, 0.15) is 11.4 Å². The molecule has 0 atom stereocenters. The van der Waals surface area contributed by atoms with E-state index in [1.807, 2.05) is 29.2 Å². The molecular formula is C19H19ClN6O2. The van der Waals surface area contributed by atoms with Crippen LogP contribution in [0.15, 0.2) is 47.4 Å². The number of aryl methyl sites for hydroxylation is 1. The molecule has 3 aromatic rings. The minimum atomic E-state index is -0.585. The van der Waals surface area contributed by atoms with Gasteiger partial charge in [0.25, 0.3) is 0 Å². The Balaban J connectivity index is 1.51. The van der Waals surface area contributed by atoms with Crippen molar-refractivity contribution in [3.63, 3.8) is 0 Å². The summed E-state index contributed by atoms with van der Waals surface area (Å²) in [6.07, 6.45) is 3.99. The second-order valence-corrected chi connectivity index (χ2v) is 7.40. The molecule has 1 amide bonds. The number of amides is 1. The largest absolute Gasteiger partial charge is 0.350 e. The van der Waals surface area contributed by atoms with Gasteiger partial charge in [-0.1, -0.05) is 34.0 Å². The van der Waals surface area contributed by atoms with E-state index in [0.29, 0.717) is 41.9 Å². The van der Waals surface area contributed by atoms with E-state index in [1.165, 1.54) is 0 Å². The summed E-state index contributed by atoms with van der Waals surface area (Å²) in [7, 11) is 0. The number of nitrogens with zero attached hydrogens (tertiary/aromatic N) is 5. The first-order valence-electron chi connectivity index (χ1n) is 8.88. The van der Waals surface area contributed by atoms with Crippen molar-refractivity contribution in [3.05, 3.63) is 64.7 Å². The molecule has 1 N–H and O–H groups in total. The molecule has 144 valence electrons. The SMILES string of the molecule is Cc1nonc1CNC(=O)C1(Cc2ccc(Cl)cc2)CN(c2ncccn2)C1. The van der Waals surface area contributed by atoms with Crippen LogP contribution in [0.3, 0.4) is 0 Å². The first-order valence-corrected chi connectivity index (χ1v) is 9.26. The molecule has 0 aliphatic carbocycles. The van der Waals surface area contributed by atoms with Gasteiger partial charge in [-0.05, 0) is 37.1 Å². The molecule has 8 nitrogen and oxygen atoms in total. The Labute approximate surface area is 166 Å². The summed E-state index contributed by atoms with van der Waals surface area (Å²) in [4.78, 5) is 23.7. The smallest absolute Gasteiger partial charge is 0.230 e. The lowest BCUT2D eigenvalue weighted by Gasteiger charge is -2.48. The molecule has 1 aliphatic heterocycles. The number of carbonyl (C=O) groups is 1. The summed E-state index contributed by atoms with van der Waals surface area (Å²) in [6, 6.07) is 9.34. The predicted octanol–water partition coefficient (Wildman–Crippen LogP) is 2.19. The lowest BCUT2D eigenvalue weighted by atomic mass is 9.74. The third kappa shape index (κ3) is 3.68. The Bertz CT molecular complexity index is 954. The molecular weight excluding hydrogens is 380 g/mol. The second kappa shape index (κ2) is 7.55. The molecule has 0 bridgehead atoms. The summed E-state index contributed by atoms with van der Waals surface area (Å²) >= 11 is 5.99. The van der Waals surface area contributed by atoms with Crippen LogP contribution in [0.1, 0.15) is 17.0 Å². The zero-order valence-corrected chi connectivity index (χ0v) is 16.1. The van der Waals surface area contributed by atoms with Crippen molar-refractivity contribution in [1.82, 2.24) is 25.6 Å². The maximum Gasteiger partial charge on any atom is 0.230 e. The molecule has 0 radical (unpaired) electrons. The van der Waals surface area contributed by atoms with Crippen LogP contribution in [0, 0.1) is 12.3 Å². The summed E-state index contributed by atoms with van der Waals surface area (Å²) < 4.78 is 4.70. The summed E-state index contributed by atoms with van der Waals surface area (Å²) in [5.41, 5.74) is 1.75. The highest BCUT2D eigenvalue weighted by Gasteiger charge is 2.50. The van der Waals surface area contributed by atoms with Gasteiger partial charge in [0.15, 0.2) is 0 Å². The zero-order chi connectivity index (χ0) is 19.6. The number of aromatic nitrogens is 4. The molecule has 1 aliphatic rings. The number of hydrogen-bond donors (Lipinski definition) is 1. The van der Waals surface area contributed by atoms with E-state index < -0.39 is 5.41 Å². The van der Waals surface area contributed by atoms with Crippen LogP contribution in [0.2, 0.25) is 5.02 Å². The molecule has 9 heteroatoms. The van der Waals surface area contributed by atoms with Crippen molar-refractivity contribution in [1.29, 1.82) is 0 Å². The molecule has 0 spiro atoms. The first kappa shape index (κ1) is 18.4. The Morgan fingerprint density at radius 1 is 1.21 bits per heavy atom. The van der Waals surface area contributed by atoms with Crippen LogP contribution in [0.5, 0.6) is 0 Å². The van der Waals surface area contributed by atoms with Crippen LogP contribution >= 0.6 is 11.6 Å². The van der Waals surface area contributed by atoms with E-state index in [2.05, 4.69) is 25.6 Å². The van der Waals surface area contributed by atoms with E-state index in [-0.39, 0.29) is 12.5 Å². The number of nitrogens with one attached hydrogen (secondary N) is 1. The van der Waals surface area contributed by atoms with Crippen LogP contribution in [-0.2, 0) is 17.8 Å². The van der Waals surface area contributed by atoms with E-state index in [9.17, 15) is 4.79 Å². The van der Waals surface area contributed by atoms with Crippen molar-refractivity contribution in [2.24, 2.45) is 5.41 Å². The number of hydrogen-bond acceptors (Lipinski definition) is 7. The summed E-state index contributed by atoms with van der Waals surface area (Å²) in [6.45, 7) is 3.13. The van der Waals surface area contributed by atoms with Crippen molar-refractivity contribution in [3.8, 4) is 0 Å². The highest BCUT2D eigenvalue weighted by molar-refractivity contribution is 6.30. The van der Waals surface area contributed by atoms with Gasteiger partial charge in [-0.15, -0.1) is 0 Å². The first-order chi connectivity index (χ1) is 13.6. The average molecular weight is 399 g/mol. The maximum absolute atomic E-state index is 13.1. The zero-order valence-electron chi connectivity index (χ0n) is 15.3. The standard InChI is InChI=1S/C19H19ClN6O2/c1-13-16(25-28-24-13)10-23-17(27)19(9-14-3-5-15(20)6-4-14)11-26(12-19)18-21-7-2-8-22-18/h2-8H,9-12H2,1H3,(H,23,27). The maximum atomic E-state index is 13.1. The number of rotatable bonds is 6. The van der Waals surface area contributed by atoms with Crippen molar-refractivity contribution < 1.29 is 9.42 Å². The Kier molecular flexibility index (Phi) is 4.95. The number of benzene rings is 1. The van der Waals surface area contributed by atoms with Gasteiger partial charge < -0.3 is 10.2 Å². The van der Waals surface area contributed by atoms with E-state index in [0.717, 1.165) is 5.56 Å². The van der Waals surface area contributed by atoms with Crippen LogP contribution in [0.4, 0.5) is 5.95 Å². The van der Waals surface area contributed by atoms with Crippen molar-refractivity contribution >= 4 is 23.5 Å². The number of halogens is 1. The van der Waals surface area contributed by atoms with Gasteiger partial charge in [0.05, 0.1) is 12.0 Å². The molecule has 0 saturated carbocycles. The van der Waals surface area contributed by atoms with Gasteiger partial charge in [-0.2, -0.15) is 0 Å². The molecule has 1 aromatic carbocycles. The molecule has 3 heterocycles. The highest BCUT2D eigenvalue weighted by Crippen LogP contribution is 2.36. The Morgan fingerprint density at radius 2 is 1.93 bits per heavy atom. The quantitative estimate of drug-likeness (QED) is 0.679. The number of anilines is 1. The van der Waals surface area contributed by atoms with Crippen molar-refractivity contribution in [2.45, 2.75) is 19.9 Å². The predicted molar refractivity (Wildman–Crippen MR) is 103 cm³/mol. The lowest BCUT2D eigenvalue weighted by Crippen LogP contribution is -2.64. The fourth-order valence-corrected chi connectivity index (χ4v) is 3.50. The summed E-state index contributed by atoms with van der Waals surface area (Å²) in [5.74, 6) is 0.579. The van der Waals surface area contributed by atoms with Gasteiger partial charge >= 0.3 is 0 Å². The van der Waals surface area contributed by atoms with Gasteiger partial charge in [0, 0.05) is 30.5 Å². The third-order valence-corrected chi connectivity index (χ3v) is 5.17. The molecule has 1 saturated heterocycles. The Hall–Kier alpha value is -3.00. The minimum absolute atomic E-state index is 0.0444. The Morgan fingerprint density at radius 3 is 2.57 bits per heavy atom. The van der Waals surface area contributed by atoms with E-state index >= 15 is 0 Å². The van der Waals surface area contributed by atoms with Gasteiger partial charge in [0.2, 0.25) is 11.9 Å².